The van der Waals surface area contributed by atoms with Crippen LogP contribution in [0, 0.1) is 0 Å². The smallest absolute Gasteiger partial charge is 0.274 e. The van der Waals surface area contributed by atoms with E-state index < -0.39 is 0 Å². The molecule has 4 rings (SSSR count). The Bertz CT molecular complexity index is 793. The van der Waals surface area contributed by atoms with Crippen LogP contribution in [0.25, 0.3) is 11.0 Å². The number of para-hydroxylation sites is 2. The highest BCUT2D eigenvalue weighted by molar-refractivity contribution is 5.94. The number of aromatic nitrogens is 4. The normalized spacial score (nSPS) is 15.1. The molecule has 0 unspecified atom stereocenters. The quantitative estimate of drug-likeness (QED) is 0.713. The summed E-state index contributed by atoms with van der Waals surface area (Å²) in [7, 11) is 0. The largest absolute Gasteiger partial charge is 0.333 e. The van der Waals surface area contributed by atoms with Gasteiger partial charge in [-0.1, -0.05) is 12.1 Å². The molecule has 6 nitrogen and oxygen atoms in total. The number of hydrogen-bond donors (Lipinski definition) is 0. The molecule has 0 saturated carbocycles. The zero-order chi connectivity index (χ0) is 14.2. The van der Waals surface area contributed by atoms with Crippen LogP contribution in [0.5, 0.6) is 0 Å². The van der Waals surface area contributed by atoms with Gasteiger partial charge in [-0.05, 0) is 18.2 Å². The molecule has 6 heteroatoms. The lowest BCUT2D eigenvalue weighted by molar-refractivity contribution is 0.0495. The van der Waals surface area contributed by atoms with E-state index in [1.54, 1.807) is 17.3 Å². The average Bonchev–Trinajstić information content (AvgIpc) is 2.99. The van der Waals surface area contributed by atoms with E-state index >= 15 is 0 Å². The molecule has 1 amide bonds. The van der Waals surface area contributed by atoms with Gasteiger partial charge in [0.1, 0.15) is 5.69 Å². The molecule has 1 aliphatic rings. The Kier molecular flexibility index (Phi) is 2.67. The van der Waals surface area contributed by atoms with E-state index in [1.165, 1.54) is 0 Å². The second kappa shape index (κ2) is 4.66. The third-order valence-corrected chi connectivity index (χ3v) is 3.72. The minimum Gasteiger partial charge on any atom is -0.333 e. The van der Waals surface area contributed by atoms with Crippen molar-refractivity contribution in [2.75, 3.05) is 13.1 Å². The van der Waals surface area contributed by atoms with Crippen LogP contribution in [0.3, 0.4) is 0 Å². The number of amides is 1. The maximum Gasteiger partial charge on any atom is 0.274 e. The Hall–Kier alpha value is -2.76. The van der Waals surface area contributed by atoms with Crippen molar-refractivity contribution in [2.45, 2.75) is 6.04 Å². The third kappa shape index (κ3) is 2.05. The van der Waals surface area contributed by atoms with Crippen LogP contribution in [0.2, 0.25) is 0 Å². The minimum absolute atomic E-state index is 0.0725. The van der Waals surface area contributed by atoms with Crippen molar-refractivity contribution in [1.29, 1.82) is 0 Å². The lowest BCUT2D eigenvalue weighted by Crippen LogP contribution is -2.51. The fraction of sp³-hybridized carbons (Fsp3) is 0.200. The fourth-order valence-corrected chi connectivity index (χ4v) is 2.51. The number of fused-ring (bicyclic) bond motifs is 1. The third-order valence-electron chi connectivity index (χ3n) is 3.72. The Morgan fingerprint density at radius 2 is 1.95 bits per heavy atom. The van der Waals surface area contributed by atoms with Crippen LogP contribution in [0.4, 0.5) is 0 Å². The molecular formula is C15H13N5O. The Morgan fingerprint density at radius 3 is 2.71 bits per heavy atom. The molecule has 1 aromatic carbocycles. The maximum absolute atomic E-state index is 12.4. The summed E-state index contributed by atoms with van der Waals surface area (Å²) in [6, 6.07) is 9.69. The van der Waals surface area contributed by atoms with Gasteiger partial charge in [0.05, 0.1) is 23.3 Å². The fourth-order valence-electron chi connectivity index (χ4n) is 2.51. The summed E-state index contributed by atoms with van der Waals surface area (Å²) >= 11 is 0. The van der Waals surface area contributed by atoms with Crippen molar-refractivity contribution < 1.29 is 4.79 Å². The molecule has 0 bridgehead atoms. The van der Waals surface area contributed by atoms with Crippen molar-refractivity contribution >= 4 is 16.9 Å². The van der Waals surface area contributed by atoms with Crippen LogP contribution >= 0.6 is 0 Å². The van der Waals surface area contributed by atoms with Gasteiger partial charge < -0.3 is 4.90 Å². The predicted octanol–water partition coefficient (Wildman–Crippen LogP) is 1.52. The van der Waals surface area contributed by atoms with Crippen LogP contribution in [0.1, 0.15) is 16.5 Å². The van der Waals surface area contributed by atoms with Gasteiger partial charge in [-0.2, -0.15) is 5.10 Å². The van der Waals surface area contributed by atoms with Gasteiger partial charge in [-0.3, -0.25) is 14.5 Å². The maximum atomic E-state index is 12.4. The number of carbonyl (C=O) groups is 1. The summed E-state index contributed by atoms with van der Waals surface area (Å²) in [5.41, 5.74) is 1.94. The van der Waals surface area contributed by atoms with Crippen molar-refractivity contribution in [1.82, 2.24) is 24.6 Å². The van der Waals surface area contributed by atoms with Crippen molar-refractivity contribution in [3.63, 3.8) is 0 Å². The molecule has 104 valence electrons. The Balaban J connectivity index is 1.52. The Morgan fingerprint density at radius 1 is 1.14 bits per heavy atom. The van der Waals surface area contributed by atoms with E-state index in [0.29, 0.717) is 18.8 Å². The van der Waals surface area contributed by atoms with E-state index in [2.05, 4.69) is 15.1 Å². The number of likely N-dealkylation sites (tertiary alicyclic amines) is 1. The van der Waals surface area contributed by atoms with Gasteiger partial charge in [0.2, 0.25) is 0 Å². The van der Waals surface area contributed by atoms with Crippen molar-refractivity contribution in [3.05, 3.63) is 54.6 Å². The minimum atomic E-state index is -0.0725. The number of hydrogen-bond acceptors (Lipinski definition) is 4. The summed E-state index contributed by atoms with van der Waals surface area (Å²) in [5, 5.41) is 4.20. The van der Waals surface area contributed by atoms with Crippen LogP contribution in [-0.4, -0.2) is 43.6 Å². The van der Waals surface area contributed by atoms with E-state index in [-0.39, 0.29) is 11.9 Å². The topological polar surface area (TPSA) is 63.9 Å². The van der Waals surface area contributed by atoms with Gasteiger partial charge in [-0.25, -0.2) is 4.98 Å². The molecule has 1 fully saturated rings. The Labute approximate surface area is 121 Å². The highest BCUT2D eigenvalue weighted by Gasteiger charge is 2.33. The van der Waals surface area contributed by atoms with Crippen LogP contribution < -0.4 is 0 Å². The number of nitrogens with zero attached hydrogens (tertiary/aromatic N) is 5. The van der Waals surface area contributed by atoms with E-state index in [4.69, 9.17) is 0 Å². The summed E-state index contributed by atoms with van der Waals surface area (Å²) in [5.74, 6) is -0.0725. The number of rotatable bonds is 2. The molecule has 21 heavy (non-hydrogen) atoms. The van der Waals surface area contributed by atoms with E-state index in [9.17, 15) is 4.79 Å². The summed E-state index contributed by atoms with van der Waals surface area (Å²) in [6.45, 7) is 1.32. The first kappa shape index (κ1) is 12.0. The molecular weight excluding hydrogens is 266 g/mol. The van der Waals surface area contributed by atoms with Gasteiger partial charge in [0, 0.05) is 25.5 Å². The first-order chi connectivity index (χ1) is 10.3. The van der Waals surface area contributed by atoms with E-state index in [1.807, 2.05) is 41.2 Å². The lowest BCUT2D eigenvalue weighted by atomic mass is 10.1. The molecule has 0 atom stereocenters. The van der Waals surface area contributed by atoms with Crippen LogP contribution in [-0.2, 0) is 0 Å². The first-order valence-electron chi connectivity index (χ1n) is 6.81. The molecule has 3 heterocycles. The van der Waals surface area contributed by atoms with Gasteiger partial charge in [0.15, 0.2) is 0 Å². The molecule has 2 aromatic heterocycles. The van der Waals surface area contributed by atoms with E-state index in [0.717, 1.165) is 11.0 Å². The lowest BCUT2D eigenvalue weighted by Gasteiger charge is -2.38. The van der Waals surface area contributed by atoms with Gasteiger partial charge in [0.25, 0.3) is 5.91 Å². The second-order valence-electron chi connectivity index (χ2n) is 5.09. The summed E-state index contributed by atoms with van der Waals surface area (Å²) in [6.07, 6.45) is 5.22. The SMILES string of the molecule is O=C(c1cnc2ccccc2n1)N1CC(n2cccn2)C1. The molecule has 0 radical (unpaired) electrons. The molecule has 1 aliphatic heterocycles. The standard InChI is InChI=1S/C15H13N5O/c21-15(19-9-11(10-19)20-7-3-6-17-20)14-8-16-12-4-1-2-5-13(12)18-14/h1-8,11H,9-10H2. The molecule has 0 N–H and O–H groups in total. The van der Waals surface area contributed by atoms with Gasteiger partial charge >= 0.3 is 0 Å². The summed E-state index contributed by atoms with van der Waals surface area (Å²) in [4.78, 5) is 22.8. The monoisotopic (exact) mass is 279 g/mol. The average molecular weight is 279 g/mol. The van der Waals surface area contributed by atoms with Crippen molar-refractivity contribution in [3.8, 4) is 0 Å². The molecule has 3 aromatic rings. The highest BCUT2D eigenvalue weighted by Crippen LogP contribution is 2.22. The summed E-state index contributed by atoms with van der Waals surface area (Å²) < 4.78 is 1.88. The highest BCUT2D eigenvalue weighted by atomic mass is 16.2. The molecule has 0 aliphatic carbocycles. The second-order valence-corrected chi connectivity index (χ2v) is 5.09. The zero-order valence-electron chi connectivity index (χ0n) is 11.3. The van der Waals surface area contributed by atoms with Gasteiger partial charge in [-0.15, -0.1) is 0 Å². The molecule has 1 saturated heterocycles. The van der Waals surface area contributed by atoms with Crippen LogP contribution in [0.15, 0.2) is 48.9 Å². The number of carbonyl (C=O) groups excluding carboxylic acids is 1. The van der Waals surface area contributed by atoms with Crippen molar-refractivity contribution in [2.24, 2.45) is 0 Å². The number of benzene rings is 1. The zero-order valence-corrected chi connectivity index (χ0v) is 11.3. The predicted molar refractivity (Wildman–Crippen MR) is 76.7 cm³/mol. The molecule has 0 spiro atoms. The first-order valence-corrected chi connectivity index (χ1v) is 6.81.